The number of halogens is 1. The third kappa shape index (κ3) is 13.8. The van der Waals surface area contributed by atoms with Crippen LogP contribution in [0.3, 0.4) is 0 Å². The van der Waals surface area contributed by atoms with Gasteiger partial charge in [-0.25, -0.2) is 9.03 Å². The van der Waals surface area contributed by atoms with E-state index in [9.17, 15) is 9.59 Å². The van der Waals surface area contributed by atoms with Gasteiger partial charge in [0.25, 0.3) is 0 Å². The first-order valence-corrected chi connectivity index (χ1v) is 30.6. The topological polar surface area (TPSA) is 125 Å². The van der Waals surface area contributed by atoms with Gasteiger partial charge in [0.05, 0.1) is 33.6 Å². The maximum absolute atomic E-state index is 12.4. The number of aromatic nitrogens is 4. The van der Waals surface area contributed by atoms with Crippen LogP contribution in [0, 0.1) is 11.8 Å². The van der Waals surface area contributed by atoms with Gasteiger partial charge in [0.2, 0.25) is 11.8 Å². The van der Waals surface area contributed by atoms with E-state index in [1.54, 1.807) is 0 Å². The largest absolute Gasteiger partial charge is 0.494 e. The number of hydrogen-bond acceptors (Lipinski definition) is 12. The summed E-state index contributed by atoms with van der Waals surface area (Å²) in [5.74, 6) is 3.17. The second-order valence-corrected chi connectivity index (χ2v) is 24.8. The number of likely N-dealkylation sites (tertiary alicyclic amines) is 2. The molecular formula is C62H82BBrN10O6. The monoisotopic (exact) mass is 1150 g/mol. The number of ether oxygens (including phenoxy) is 2. The van der Waals surface area contributed by atoms with E-state index in [4.69, 9.17) is 18.8 Å². The molecule has 2 saturated carbocycles. The Balaban J connectivity index is 0.000000132. The molecule has 0 N–H and O–H groups in total. The highest BCUT2D eigenvalue weighted by atomic mass is 79.9. The van der Waals surface area contributed by atoms with Crippen LogP contribution in [0.25, 0.3) is 22.2 Å². The summed E-state index contributed by atoms with van der Waals surface area (Å²) in [6.45, 7) is 23.4. The second-order valence-electron chi connectivity index (χ2n) is 23.8. The molecule has 7 fully saturated rings. The highest BCUT2D eigenvalue weighted by Gasteiger charge is 2.51. The molecule has 18 heteroatoms. The van der Waals surface area contributed by atoms with Crippen LogP contribution in [0.4, 0.5) is 11.4 Å². The molecule has 6 aromatic rings. The fraction of sp³-hybridized carbons (Fsp3) is 0.548. The van der Waals surface area contributed by atoms with E-state index in [-0.39, 0.29) is 18.3 Å². The van der Waals surface area contributed by atoms with Gasteiger partial charge in [0.15, 0.2) is 0 Å². The number of carbonyl (C=O) groups excluding carboxylic acids is 2. The molecule has 426 valence electrons. The zero-order valence-corrected chi connectivity index (χ0v) is 49.2. The van der Waals surface area contributed by atoms with E-state index < -0.39 is 0 Å². The number of carbonyl (C=O) groups is 2. The maximum atomic E-state index is 12.4. The quantitative estimate of drug-likeness (QED) is 0.0968. The minimum atomic E-state index is -0.308. The summed E-state index contributed by atoms with van der Waals surface area (Å²) in [5.41, 5.74) is 7.31. The highest BCUT2D eigenvalue weighted by Crippen LogP contribution is 2.37. The van der Waals surface area contributed by atoms with Crippen molar-refractivity contribution in [1.29, 1.82) is 0 Å². The van der Waals surface area contributed by atoms with Gasteiger partial charge in [-0.1, -0.05) is 37.1 Å². The SMILES string of the molecule is CC1(C)OB(c2ccc(OCCN3CCCCC3)cc2)OC1(C)C.O=C(C1CC1)N1CCN(c2ccnn3cc(-c4ccc(OCCN5CCCCC5)cc4)cc23)CC1.O=C(C1CC1)N1CCN(c2ccnn3cc(Br)cc23)CC1. The van der Waals surface area contributed by atoms with E-state index in [2.05, 4.69) is 128 Å². The molecule has 2 aromatic carbocycles. The Morgan fingerprint density at radius 2 is 0.988 bits per heavy atom. The molecule has 5 saturated heterocycles. The lowest BCUT2D eigenvalue weighted by atomic mass is 9.79. The van der Waals surface area contributed by atoms with Gasteiger partial charge in [-0.15, -0.1) is 0 Å². The van der Waals surface area contributed by atoms with Crippen LogP contribution in [0.15, 0.2) is 102 Å². The summed E-state index contributed by atoms with van der Waals surface area (Å²) < 4.78 is 28.9. The van der Waals surface area contributed by atoms with E-state index >= 15 is 0 Å². The van der Waals surface area contributed by atoms with Gasteiger partial charge >= 0.3 is 7.12 Å². The van der Waals surface area contributed by atoms with Crippen molar-refractivity contribution < 1.29 is 28.4 Å². The Kier molecular flexibility index (Phi) is 17.7. The summed E-state index contributed by atoms with van der Waals surface area (Å²) >= 11 is 3.50. The molecule has 0 unspecified atom stereocenters. The van der Waals surface area contributed by atoms with Crippen molar-refractivity contribution >= 4 is 62.7 Å². The Labute approximate surface area is 481 Å². The van der Waals surface area contributed by atoms with Crippen molar-refractivity contribution in [2.45, 2.75) is 103 Å². The third-order valence-electron chi connectivity index (χ3n) is 17.5. The summed E-state index contributed by atoms with van der Waals surface area (Å²) in [4.78, 5) is 38.3. The molecular weight excluding hydrogens is 1070 g/mol. The fourth-order valence-corrected chi connectivity index (χ4v) is 12.0. The van der Waals surface area contributed by atoms with E-state index in [0.717, 1.165) is 148 Å². The number of piperazine rings is 2. The van der Waals surface area contributed by atoms with Crippen molar-refractivity contribution in [3.63, 3.8) is 0 Å². The standard InChI is InChI=1S/C28H35N5O2.C19H30BNO3.C15H17BrN4O/c34-28(23-4-5-23)32-16-14-31(15-17-32)26-10-11-29-33-21-24(20-27(26)33)22-6-8-25(9-7-22)35-19-18-30-12-2-1-3-13-30;1-18(2)19(3,4)24-20(23-18)16-8-10-17(11-9-16)22-15-14-21-12-6-5-7-13-21;16-12-9-14-13(3-4-17-20(14)10-12)18-5-7-19(8-6-18)15(21)11-1-2-11/h6-11,20-21,23H,1-5,12-19H2;8-11H,5-7,12-15H2,1-4H3;3-4,9-11H,1-2,5-8H2. The zero-order chi connectivity index (χ0) is 55.2. The Morgan fingerprint density at radius 3 is 1.45 bits per heavy atom. The lowest BCUT2D eigenvalue weighted by molar-refractivity contribution is -0.133. The second kappa shape index (κ2) is 25.2. The van der Waals surface area contributed by atoms with Crippen LogP contribution >= 0.6 is 15.9 Å². The van der Waals surface area contributed by atoms with Gasteiger partial charge in [-0.2, -0.15) is 10.2 Å². The molecule has 0 spiro atoms. The molecule has 5 aliphatic heterocycles. The molecule has 16 nitrogen and oxygen atoms in total. The van der Waals surface area contributed by atoms with E-state index in [0.29, 0.717) is 23.7 Å². The van der Waals surface area contributed by atoms with Crippen LogP contribution in [0.5, 0.6) is 11.5 Å². The minimum Gasteiger partial charge on any atom is -0.492 e. The number of benzene rings is 2. The van der Waals surface area contributed by atoms with Gasteiger partial charge in [-0.05, 0) is 181 Å². The summed E-state index contributed by atoms with van der Waals surface area (Å²) in [6, 6.07) is 25.0. The Bertz CT molecular complexity index is 2990. The number of rotatable bonds is 14. The molecule has 7 aliphatic rings. The Morgan fingerprint density at radius 1 is 0.550 bits per heavy atom. The van der Waals surface area contributed by atoms with Crippen LogP contribution in [0.2, 0.25) is 0 Å². The molecule has 0 radical (unpaired) electrons. The van der Waals surface area contributed by atoms with Crippen molar-refractivity contribution in [1.82, 2.24) is 38.8 Å². The number of piperidine rings is 2. The average molecular weight is 1150 g/mol. The molecule has 2 amide bonds. The summed E-state index contributed by atoms with van der Waals surface area (Å²) in [6.07, 6.45) is 20.1. The molecule has 13 rings (SSSR count). The number of nitrogens with zero attached hydrogens (tertiary/aromatic N) is 10. The lowest BCUT2D eigenvalue weighted by Crippen LogP contribution is -2.49. The number of anilines is 2. The maximum Gasteiger partial charge on any atom is 0.494 e. The summed E-state index contributed by atoms with van der Waals surface area (Å²) in [7, 11) is -0.308. The molecule has 80 heavy (non-hydrogen) atoms. The van der Waals surface area contributed by atoms with Gasteiger partial charge in [0.1, 0.15) is 24.7 Å². The van der Waals surface area contributed by atoms with Crippen LogP contribution < -0.4 is 24.7 Å². The fourth-order valence-electron chi connectivity index (χ4n) is 11.6. The first-order valence-electron chi connectivity index (χ1n) is 29.8. The normalized spacial score (nSPS) is 20.5. The van der Waals surface area contributed by atoms with E-state index in [1.807, 2.05) is 61.7 Å². The first-order chi connectivity index (χ1) is 38.8. The minimum absolute atomic E-state index is 0.300. The smallest absolute Gasteiger partial charge is 0.492 e. The van der Waals surface area contributed by atoms with Crippen molar-refractivity contribution in [3.05, 3.63) is 102 Å². The van der Waals surface area contributed by atoms with Gasteiger partial charge in [-0.3, -0.25) is 19.4 Å². The van der Waals surface area contributed by atoms with Crippen LogP contribution in [-0.4, -0.2) is 174 Å². The Hall–Kier alpha value is -5.66. The van der Waals surface area contributed by atoms with E-state index in [1.165, 1.54) is 76.1 Å². The molecule has 2 aliphatic carbocycles. The van der Waals surface area contributed by atoms with Crippen LogP contribution in [0.1, 0.15) is 91.9 Å². The predicted molar refractivity (Wildman–Crippen MR) is 320 cm³/mol. The van der Waals surface area contributed by atoms with Gasteiger partial charge < -0.3 is 38.4 Å². The average Bonchev–Trinajstić information content (AvgIpc) is 4.44. The van der Waals surface area contributed by atoms with Crippen molar-refractivity contribution in [2.24, 2.45) is 11.8 Å². The predicted octanol–water partition coefficient (Wildman–Crippen LogP) is 8.93. The first kappa shape index (κ1) is 56.2. The van der Waals surface area contributed by atoms with Gasteiger partial charge in [0, 0.05) is 112 Å². The summed E-state index contributed by atoms with van der Waals surface area (Å²) in [5, 5.41) is 8.88. The third-order valence-corrected chi connectivity index (χ3v) is 17.9. The number of fused-ring (bicyclic) bond motifs is 2. The van der Waals surface area contributed by atoms with Crippen molar-refractivity contribution in [3.8, 4) is 22.6 Å². The molecule has 0 atom stereocenters. The molecule has 9 heterocycles. The zero-order valence-electron chi connectivity index (χ0n) is 47.7. The van der Waals surface area contributed by atoms with Crippen molar-refractivity contribution in [2.75, 3.05) is 115 Å². The van der Waals surface area contributed by atoms with Crippen LogP contribution in [-0.2, 0) is 18.9 Å². The highest BCUT2D eigenvalue weighted by molar-refractivity contribution is 9.10. The lowest BCUT2D eigenvalue weighted by Gasteiger charge is -2.36. The number of amides is 2. The number of hydrogen-bond donors (Lipinski definition) is 0. The molecule has 4 aromatic heterocycles. The molecule has 0 bridgehead atoms.